The van der Waals surface area contributed by atoms with E-state index in [-0.39, 0.29) is 6.61 Å². The highest BCUT2D eigenvalue weighted by molar-refractivity contribution is 5.59. The van der Waals surface area contributed by atoms with Crippen molar-refractivity contribution >= 4 is 6.16 Å². The summed E-state index contributed by atoms with van der Waals surface area (Å²) < 4.78 is 8.86. The smallest absolute Gasteiger partial charge is 0.438 e. The van der Waals surface area contributed by atoms with Gasteiger partial charge in [0.25, 0.3) is 0 Å². The molecule has 0 amide bonds. The van der Waals surface area contributed by atoms with E-state index < -0.39 is 6.16 Å². The molecular formula is C8H14O3. The standard InChI is InChI=1S/C8H14O3/c1-7(2)5-4-6-11-8(9)10-3/h4-5,7H,6H2,1-3H3. The zero-order chi connectivity index (χ0) is 8.69. The zero-order valence-corrected chi connectivity index (χ0v) is 7.16. The molecule has 0 rings (SSSR count). The second-order valence-electron chi connectivity index (χ2n) is 2.44. The van der Waals surface area contributed by atoms with Gasteiger partial charge in [-0.25, -0.2) is 4.79 Å². The zero-order valence-electron chi connectivity index (χ0n) is 7.16. The van der Waals surface area contributed by atoms with Crippen LogP contribution in [-0.4, -0.2) is 19.9 Å². The van der Waals surface area contributed by atoms with Gasteiger partial charge in [0.1, 0.15) is 6.61 Å². The molecule has 3 heteroatoms. The van der Waals surface area contributed by atoms with Crippen molar-refractivity contribution in [1.82, 2.24) is 0 Å². The maximum absolute atomic E-state index is 10.4. The van der Waals surface area contributed by atoms with Crippen molar-refractivity contribution < 1.29 is 14.3 Å². The van der Waals surface area contributed by atoms with E-state index in [0.29, 0.717) is 5.92 Å². The molecule has 0 aromatic rings. The third-order valence-corrected chi connectivity index (χ3v) is 0.985. The molecule has 0 N–H and O–H groups in total. The van der Waals surface area contributed by atoms with Crippen LogP contribution in [0.2, 0.25) is 0 Å². The van der Waals surface area contributed by atoms with Gasteiger partial charge >= 0.3 is 6.16 Å². The Morgan fingerprint density at radius 1 is 1.55 bits per heavy atom. The Kier molecular flexibility index (Phi) is 5.25. The molecule has 11 heavy (non-hydrogen) atoms. The third-order valence-electron chi connectivity index (χ3n) is 0.985. The van der Waals surface area contributed by atoms with Crippen molar-refractivity contribution in [1.29, 1.82) is 0 Å². The van der Waals surface area contributed by atoms with Gasteiger partial charge in [-0.1, -0.05) is 26.0 Å². The Balaban J connectivity index is 3.34. The molecule has 0 aromatic carbocycles. The van der Waals surface area contributed by atoms with Gasteiger partial charge in [-0.3, -0.25) is 0 Å². The fraction of sp³-hybridized carbons (Fsp3) is 0.625. The van der Waals surface area contributed by atoms with Crippen LogP contribution in [0.15, 0.2) is 12.2 Å². The molecule has 0 atom stereocenters. The van der Waals surface area contributed by atoms with E-state index in [1.165, 1.54) is 7.11 Å². The van der Waals surface area contributed by atoms with Gasteiger partial charge in [-0.05, 0) is 5.92 Å². The molecule has 0 spiro atoms. The molecule has 0 unspecified atom stereocenters. The number of hydrogen-bond donors (Lipinski definition) is 0. The van der Waals surface area contributed by atoms with Crippen molar-refractivity contribution in [2.75, 3.05) is 13.7 Å². The fourth-order valence-corrected chi connectivity index (χ4v) is 0.503. The predicted octanol–water partition coefficient (Wildman–Crippen LogP) is 1.98. The maximum Gasteiger partial charge on any atom is 0.508 e. The molecular weight excluding hydrogens is 144 g/mol. The van der Waals surface area contributed by atoms with Gasteiger partial charge in [0.2, 0.25) is 0 Å². The summed E-state index contributed by atoms with van der Waals surface area (Å²) in [5, 5.41) is 0. The topological polar surface area (TPSA) is 35.5 Å². The molecule has 64 valence electrons. The number of carbonyl (C=O) groups is 1. The number of hydrogen-bond acceptors (Lipinski definition) is 3. The van der Waals surface area contributed by atoms with Crippen molar-refractivity contribution in [3.63, 3.8) is 0 Å². The minimum absolute atomic E-state index is 0.283. The summed E-state index contributed by atoms with van der Waals surface area (Å²) in [7, 11) is 1.29. The highest BCUT2D eigenvalue weighted by Gasteiger charge is 1.95. The average molecular weight is 158 g/mol. The Bertz CT molecular complexity index is 138. The number of rotatable bonds is 3. The Labute approximate surface area is 67.0 Å². The molecule has 0 heterocycles. The van der Waals surface area contributed by atoms with Gasteiger partial charge in [0.05, 0.1) is 7.11 Å². The van der Waals surface area contributed by atoms with E-state index in [0.717, 1.165) is 0 Å². The Morgan fingerprint density at radius 2 is 2.18 bits per heavy atom. The largest absolute Gasteiger partial charge is 0.508 e. The van der Waals surface area contributed by atoms with Gasteiger partial charge in [-0.15, -0.1) is 0 Å². The van der Waals surface area contributed by atoms with Crippen LogP contribution in [-0.2, 0) is 9.47 Å². The first kappa shape index (κ1) is 10.0. The summed E-state index contributed by atoms with van der Waals surface area (Å²) in [5.41, 5.74) is 0. The van der Waals surface area contributed by atoms with E-state index in [9.17, 15) is 4.79 Å². The Hall–Kier alpha value is -0.990. The molecule has 0 fully saturated rings. The molecule has 0 aliphatic heterocycles. The van der Waals surface area contributed by atoms with Crippen LogP contribution >= 0.6 is 0 Å². The van der Waals surface area contributed by atoms with Crippen LogP contribution in [0.25, 0.3) is 0 Å². The predicted molar refractivity (Wildman–Crippen MR) is 42.3 cm³/mol. The third kappa shape index (κ3) is 6.90. The van der Waals surface area contributed by atoms with Crippen LogP contribution in [0, 0.1) is 5.92 Å². The summed E-state index contributed by atoms with van der Waals surface area (Å²) in [6.07, 6.45) is 3.11. The minimum atomic E-state index is -0.640. The lowest BCUT2D eigenvalue weighted by atomic mass is 10.2. The summed E-state index contributed by atoms with van der Waals surface area (Å²) in [4.78, 5) is 10.4. The summed E-state index contributed by atoms with van der Waals surface area (Å²) in [6.45, 7) is 4.38. The maximum atomic E-state index is 10.4. The van der Waals surface area contributed by atoms with Gasteiger partial charge in [0.15, 0.2) is 0 Å². The summed E-state index contributed by atoms with van der Waals surface area (Å²) in [5.74, 6) is 0.483. The number of methoxy groups -OCH3 is 1. The normalized spacial score (nSPS) is 10.5. The SMILES string of the molecule is COC(=O)OCC=CC(C)C. The van der Waals surface area contributed by atoms with E-state index in [1.807, 2.05) is 6.08 Å². The van der Waals surface area contributed by atoms with Crippen LogP contribution in [0.1, 0.15) is 13.8 Å². The van der Waals surface area contributed by atoms with Crippen LogP contribution in [0.4, 0.5) is 4.79 Å². The first-order valence-electron chi connectivity index (χ1n) is 3.54. The molecule has 0 radical (unpaired) electrons. The first-order chi connectivity index (χ1) is 5.16. The molecule has 0 aliphatic carbocycles. The molecule has 0 aromatic heterocycles. The molecule has 3 nitrogen and oxygen atoms in total. The van der Waals surface area contributed by atoms with Gasteiger partial charge in [0, 0.05) is 0 Å². The lowest BCUT2D eigenvalue weighted by Crippen LogP contribution is -2.03. The molecule has 0 saturated carbocycles. The van der Waals surface area contributed by atoms with Crippen LogP contribution < -0.4 is 0 Å². The van der Waals surface area contributed by atoms with Crippen molar-refractivity contribution in [3.05, 3.63) is 12.2 Å². The number of ether oxygens (including phenoxy) is 2. The highest BCUT2D eigenvalue weighted by atomic mass is 16.7. The molecule has 0 saturated heterocycles. The summed E-state index contributed by atoms with van der Waals surface area (Å²) in [6, 6.07) is 0. The molecule has 0 aliphatic rings. The Morgan fingerprint density at radius 3 is 2.64 bits per heavy atom. The lowest BCUT2D eigenvalue weighted by molar-refractivity contribution is 0.0817. The molecule has 0 bridgehead atoms. The second-order valence-corrected chi connectivity index (χ2v) is 2.44. The van der Waals surface area contributed by atoms with Crippen molar-refractivity contribution in [2.45, 2.75) is 13.8 Å². The number of allylic oxidation sites excluding steroid dienone is 1. The van der Waals surface area contributed by atoms with Crippen molar-refractivity contribution in [3.8, 4) is 0 Å². The van der Waals surface area contributed by atoms with E-state index in [4.69, 9.17) is 0 Å². The summed E-state index contributed by atoms with van der Waals surface area (Å²) >= 11 is 0. The second kappa shape index (κ2) is 5.77. The van der Waals surface area contributed by atoms with E-state index in [1.54, 1.807) is 6.08 Å². The quantitative estimate of drug-likeness (QED) is 0.465. The van der Waals surface area contributed by atoms with Crippen LogP contribution in [0.3, 0.4) is 0 Å². The highest BCUT2D eigenvalue weighted by Crippen LogP contribution is 1.93. The van der Waals surface area contributed by atoms with Gasteiger partial charge in [-0.2, -0.15) is 0 Å². The first-order valence-corrected chi connectivity index (χ1v) is 3.54. The number of carbonyl (C=O) groups excluding carboxylic acids is 1. The van der Waals surface area contributed by atoms with E-state index in [2.05, 4.69) is 23.3 Å². The van der Waals surface area contributed by atoms with Crippen LogP contribution in [0.5, 0.6) is 0 Å². The van der Waals surface area contributed by atoms with Gasteiger partial charge < -0.3 is 9.47 Å². The lowest BCUT2D eigenvalue weighted by Gasteiger charge is -1.98. The van der Waals surface area contributed by atoms with E-state index >= 15 is 0 Å². The monoisotopic (exact) mass is 158 g/mol. The fourth-order valence-electron chi connectivity index (χ4n) is 0.503. The van der Waals surface area contributed by atoms with Crippen molar-refractivity contribution in [2.24, 2.45) is 5.92 Å². The average Bonchev–Trinajstić information content (AvgIpc) is 1.97. The minimum Gasteiger partial charge on any atom is -0.438 e.